The van der Waals surface area contributed by atoms with Crippen LogP contribution in [0.3, 0.4) is 0 Å². The molecule has 1 aromatic rings. The van der Waals surface area contributed by atoms with E-state index in [9.17, 15) is 9.50 Å². The van der Waals surface area contributed by atoms with Gasteiger partial charge in [-0.25, -0.2) is 4.39 Å². The van der Waals surface area contributed by atoms with Gasteiger partial charge < -0.3 is 16.2 Å². The Morgan fingerprint density at radius 3 is 2.76 bits per heavy atom. The highest BCUT2D eigenvalue weighted by molar-refractivity contribution is 14.1. The molecule has 96 valence electrons. The van der Waals surface area contributed by atoms with Gasteiger partial charge in [0.15, 0.2) is 0 Å². The van der Waals surface area contributed by atoms with Crippen molar-refractivity contribution < 1.29 is 9.50 Å². The molecule has 0 heterocycles. The van der Waals surface area contributed by atoms with E-state index in [0.29, 0.717) is 14.9 Å². The van der Waals surface area contributed by atoms with Crippen molar-refractivity contribution in [1.82, 2.24) is 0 Å². The normalized spacial score (nSPS) is 14.4. The van der Waals surface area contributed by atoms with Crippen molar-refractivity contribution in [2.24, 2.45) is 0 Å². The Labute approximate surface area is 118 Å². The van der Waals surface area contributed by atoms with Crippen molar-refractivity contribution in [2.45, 2.75) is 18.2 Å². The molecule has 6 heteroatoms. The molecule has 0 radical (unpaired) electrons. The first-order valence-electron chi connectivity index (χ1n) is 5.14. The molecule has 1 aromatic carbocycles. The van der Waals surface area contributed by atoms with E-state index in [1.165, 1.54) is 6.07 Å². The van der Waals surface area contributed by atoms with Crippen molar-refractivity contribution in [3.05, 3.63) is 21.5 Å². The quantitative estimate of drug-likeness (QED) is 0.551. The van der Waals surface area contributed by atoms with Gasteiger partial charge in [0.05, 0.1) is 21.6 Å². The van der Waals surface area contributed by atoms with E-state index < -0.39 is 0 Å². The minimum Gasteiger partial charge on any atom is -0.397 e. The monoisotopic (exact) mass is 370 g/mol. The number of thioether (sulfide) groups is 1. The molecular formula is C11H16FIN2OS. The SMILES string of the molecule is CSC(CO)C(C)Nc1cc(F)c(I)cc1N. The number of benzene rings is 1. The third-order valence-electron chi connectivity index (χ3n) is 2.52. The Kier molecular flexibility index (Phi) is 5.81. The van der Waals surface area contributed by atoms with E-state index in [-0.39, 0.29) is 23.7 Å². The lowest BCUT2D eigenvalue weighted by molar-refractivity contribution is 0.288. The van der Waals surface area contributed by atoms with Gasteiger partial charge in [-0.3, -0.25) is 0 Å². The summed E-state index contributed by atoms with van der Waals surface area (Å²) >= 11 is 3.46. The maximum absolute atomic E-state index is 13.4. The number of aliphatic hydroxyl groups excluding tert-OH is 1. The van der Waals surface area contributed by atoms with Gasteiger partial charge in [0.25, 0.3) is 0 Å². The largest absolute Gasteiger partial charge is 0.397 e. The molecular weight excluding hydrogens is 354 g/mol. The second-order valence-electron chi connectivity index (χ2n) is 3.74. The molecule has 0 aliphatic heterocycles. The van der Waals surface area contributed by atoms with Crippen LogP contribution < -0.4 is 11.1 Å². The van der Waals surface area contributed by atoms with Gasteiger partial charge in [0.2, 0.25) is 0 Å². The highest BCUT2D eigenvalue weighted by atomic mass is 127. The number of nitrogens with two attached hydrogens (primary N) is 1. The lowest BCUT2D eigenvalue weighted by Crippen LogP contribution is -2.31. The van der Waals surface area contributed by atoms with Crippen molar-refractivity contribution in [2.75, 3.05) is 23.9 Å². The van der Waals surface area contributed by atoms with Gasteiger partial charge >= 0.3 is 0 Å². The maximum atomic E-state index is 13.4. The molecule has 3 nitrogen and oxygen atoms in total. The van der Waals surface area contributed by atoms with E-state index >= 15 is 0 Å². The van der Waals surface area contributed by atoms with Gasteiger partial charge in [-0.15, -0.1) is 0 Å². The number of nitrogens with one attached hydrogen (secondary N) is 1. The van der Waals surface area contributed by atoms with Gasteiger partial charge in [-0.2, -0.15) is 11.8 Å². The average molecular weight is 370 g/mol. The second kappa shape index (κ2) is 6.65. The fourth-order valence-electron chi connectivity index (χ4n) is 1.46. The lowest BCUT2D eigenvalue weighted by atomic mass is 10.2. The van der Waals surface area contributed by atoms with Gasteiger partial charge in [-0.1, -0.05) is 0 Å². The van der Waals surface area contributed by atoms with Crippen LogP contribution in [0.4, 0.5) is 15.8 Å². The number of halogens is 2. The van der Waals surface area contributed by atoms with Crippen LogP contribution >= 0.6 is 34.4 Å². The Morgan fingerprint density at radius 2 is 2.24 bits per heavy atom. The summed E-state index contributed by atoms with van der Waals surface area (Å²) in [5, 5.41) is 12.4. The van der Waals surface area contributed by atoms with Gasteiger partial charge in [-0.05, 0) is 41.8 Å². The topological polar surface area (TPSA) is 58.3 Å². The van der Waals surface area contributed by atoms with E-state index in [2.05, 4.69) is 5.32 Å². The third-order valence-corrected chi connectivity index (χ3v) is 4.51. The minimum atomic E-state index is -0.292. The van der Waals surface area contributed by atoms with Crippen LogP contribution in [0.15, 0.2) is 12.1 Å². The van der Waals surface area contributed by atoms with Crippen LogP contribution in [-0.2, 0) is 0 Å². The molecule has 0 bridgehead atoms. The standard InChI is InChI=1S/C11H16FIN2OS/c1-6(11(5-16)17-2)15-10-3-7(12)8(13)4-9(10)14/h3-4,6,11,15-16H,5,14H2,1-2H3. The summed E-state index contributed by atoms with van der Waals surface area (Å²) in [5.74, 6) is -0.292. The summed E-state index contributed by atoms with van der Waals surface area (Å²) in [7, 11) is 0. The zero-order valence-electron chi connectivity index (χ0n) is 9.71. The molecule has 0 aliphatic carbocycles. The Bertz CT molecular complexity index is 388. The molecule has 17 heavy (non-hydrogen) atoms. The third kappa shape index (κ3) is 3.89. The smallest absolute Gasteiger partial charge is 0.138 e. The Balaban J connectivity index is 2.84. The summed E-state index contributed by atoms with van der Waals surface area (Å²) in [4.78, 5) is 0. The second-order valence-corrected chi connectivity index (χ2v) is 5.98. The molecule has 0 saturated heterocycles. The molecule has 0 spiro atoms. The van der Waals surface area contributed by atoms with Gasteiger partial charge in [0, 0.05) is 17.4 Å². The van der Waals surface area contributed by atoms with Crippen LogP contribution in [-0.4, -0.2) is 29.3 Å². The Hall–Kier alpha value is -0.210. The lowest BCUT2D eigenvalue weighted by Gasteiger charge is -2.23. The zero-order chi connectivity index (χ0) is 13.0. The van der Waals surface area contributed by atoms with Crippen LogP contribution in [0.2, 0.25) is 0 Å². The highest BCUT2D eigenvalue weighted by Gasteiger charge is 2.16. The first-order chi connectivity index (χ1) is 7.99. The molecule has 0 saturated carbocycles. The first kappa shape index (κ1) is 14.8. The Morgan fingerprint density at radius 1 is 1.59 bits per heavy atom. The molecule has 0 fully saturated rings. The molecule has 2 unspecified atom stereocenters. The number of hydrogen-bond donors (Lipinski definition) is 3. The summed E-state index contributed by atoms with van der Waals surface area (Å²) in [6, 6.07) is 3.00. The van der Waals surface area contributed by atoms with Crippen molar-refractivity contribution in [1.29, 1.82) is 0 Å². The van der Waals surface area contributed by atoms with E-state index in [4.69, 9.17) is 5.73 Å². The number of anilines is 2. The summed E-state index contributed by atoms with van der Waals surface area (Å²) in [5.41, 5.74) is 6.90. The fraction of sp³-hybridized carbons (Fsp3) is 0.455. The fourth-order valence-corrected chi connectivity index (χ4v) is 2.58. The molecule has 1 rings (SSSR count). The number of hydrogen-bond acceptors (Lipinski definition) is 4. The summed E-state index contributed by atoms with van der Waals surface area (Å²) < 4.78 is 13.9. The highest BCUT2D eigenvalue weighted by Crippen LogP contribution is 2.26. The zero-order valence-corrected chi connectivity index (χ0v) is 12.7. The predicted octanol–water partition coefficient (Wildman–Crippen LogP) is 2.54. The van der Waals surface area contributed by atoms with Crippen LogP contribution in [0.1, 0.15) is 6.92 Å². The average Bonchev–Trinajstić information content (AvgIpc) is 2.27. The summed E-state index contributed by atoms with van der Waals surface area (Å²) in [6.45, 7) is 2.01. The first-order valence-corrected chi connectivity index (χ1v) is 7.51. The molecule has 0 aromatic heterocycles. The molecule has 0 amide bonds. The summed E-state index contributed by atoms with van der Waals surface area (Å²) in [6.07, 6.45) is 1.93. The van der Waals surface area contributed by atoms with Crippen LogP contribution in [0, 0.1) is 9.39 Å². The maximum Gasteiger partial charge on any atom is 0.138 e. The van der Waals surface area contributed by atoms with E-state index in [1.807, 2.05) is 35.8 Å². The van der Waals surface area contributed by atoms with Crippen LogP contribution in [0.5, 0.6) is 0 Å². The number of aliphatic hydroxyl groups is 1. The van der Waals surface area contributed by atoms with Gasteiger partial charge in [0.1, 0.15) is 5.82 Å². The molecule has 0 aliphatic rings. The van der Waals surface area contributed by atoms with E-state index in [1.54, 1.807) is 17.8 Å². The van der Waals surface area contributed by atoms with Crippen molar-refractivity contribution >= 4 is 45.7 Å². The van der Waals surface area contributed by atoms with Crippen molar-refractivity contribution in [3.63, 3.8) is 0 Å². The number of nitrogen functional groups attached to an aromatic ring is 1. The molecule has 2 atom stereocenters. The van der Waals surface area contributed by atoms with Crippen molar-refractivity contribution in [3.8, 4) is 0 Å². The van der Waals surface area contributed by atoms with Crippen LogP contribution in [0.25, 0.3) is 0 Å². The number of rotatable bonds is 5. The molecule has 4 N–H and O–H groups in total. The predicted molar refractivity (Wildman–Crippen MR) is 81.0 cm³/mol. The minimum absolute atomic E-state index is 0.0109. The van der Waals surface area contributed by atoms with E-state index in [0.717, 1.165) is 0 Å².